The standard InChI is InChI=1S/C14H19ClN4O2/c1-18(2)13(20)12-9-16-7-8-19(12)14(21)17-11-6-4-3-5-10(11)15/h3-6,12,16H,7-9H2,1-2H3,(H,17,21). The van der Waals surface area contributed by atoms with Crippen LogP contribution in [0.25, 0.3) is 0 Å². The van der Waals surface area contributed by atoms with Crippen molar-refractivity contribution >= 4 is 29.2 Å². The number of amides is 3. The summed E-state index contributed by atoms with van der Waals surface area (Å²) in [5, 5.41) is 6.36. The van der Waals surface area contributed by atoms with Crippen LogP contribution in [0.3, 0.4) is 0 Å². The van der Waals surface area contributed by atoms with Gasteiger partial charge in [0.25, 0.3) is 0 Å². The minimum atomic E-state index is -0.503. The van der Waals surface area contributed by atoms with E-state index < -0.39 is 6.04 Å². The van der Waals surface area contributed by atoms with Gasteiger partial charge >= 0.3 is 6.03 Å². The van der Waals surface area contributed by atoms with Crippen LogP contribution in [0.15, 0.2) is 24.3 Å². The zero-order valence-electron chi connectivity index (χ0n) is 12.1. The van der Waals surface area contributed by atoms with E-state index in [0.717, 1.165) is 0 Å². The molecule has 1 saturated heterocycles. The first-order valence-electron chi connectivity index (χ1n) is 6.74. The number of para-hydroxylation sites is 1. The lowest BCUT2D eigenvalue weighted by molar-refractivity contribution is -0.133. The fourth-order valence-electron chi connectivity index (χ4n) is 2.22. The molecule has 1 aromatic carbocycles. The Bertz CT molecular complexity index is 535. The molecule has 7 heteroatoms. The van der Waals surface area contributed by atoms with Gasteiger partial charge in [0, 0.05) is 33.7 Å². The predicted octanol–water partition coefficient (Wildman–Crippen LogP) is 1.23. The zero-order valence-corrected chi connectivity index (χ0v) is 12.9. The Kier molecular flexibility index (Phi) is 5.03. The Hall–Kier alpha value is -1.79. The Morgan fingerprint density at radius 3 is 2.76 bits per heavy atom. The van der Waals surface area contributed by atoms with Crippen molar-refractivity contribution in [3.8, 4) is 0 Å². The first kappa shape index (κ1) is 15.6. The van der Waals surface area contributed by atoms with Gasteiger partial charge in [-0.2, -0.15) is 0 Å². The van der Waals surface area contributed by atoms with Crippen molar-refractivity contribution in [2.45, 2.75) is 6.04 Å². The molecule has 2 rings (SSSR count). The number of anilines is 1. The molecule has 1 aliphatic rings. The van der Waals surface area contributed by atoms with Crippen LogP contribution in [0.2, 0.25) is 5.02 Å². The molecule has 21 heavy (non-hydrogen) atoms. The number of halogens is 1. The second-order valence-corrected chi connectivity index (χ2v) is 5.46. The molecule has 3 amide bonds. The van der Waals surface area contributed by atoms with E-state index in [1.807, 2.05) is 0 Å². The molecule has 0 radical (unpaired) electrons. The quantitative estimate of drug-likeness (QED) is 0.863. The minimum Gasteiger partial charge on any atom is -0.347 e. The van der Waals surface area contributed by atoms with E-state index in [1.54, 1.807) is 43.3 Å². The molecule has 0 aromatic heterocycles. The number of nitrogens with zero attached hydrogens (tertiary/aromatic N) is 2. The van der Waals surface area contributed by atoms with Gasteiger partial charge < -0.3 is 20.4 Å². The highest BCUT2D eigenvalue weighted by Crippen LogP contribution is 2.21. The fraction of sp³-hybridized carbons (Fsp3) is 0.429. The Morgan fingerprint density at radius 1 is 1.38 bits per heavy atom. The summed E-state index contributed by atoms with van der Waals surface area (Å²) in [6, 6.07) is 6.20. The number of likely N-dealkylation sites (N-methyl/N-ethyl adjacent to an activating group) is 1. The van der Waals surface area contributed by atoms with E-state index in [0.29, 0.717) is 30.3 Å². The zero-order chi connectivity index (χ0) is 15.4. The number of benzene rings is 1. The molecule has 1 aromatic rings. The highest BCUT2D eigenvalue weighted by molar-refractivity contribution is 6.33. The summed E-state index contributed by atoms with van der Waals surface area (Å²) in [5.74, 6) is -0.100. The molecule has 114 valence electrons. The Balaban J connectivity index is 2.12. The van der Waals surface area contributed by atoms with Gasteiger partial charge in [-0.05, 0) is 12.1 Å². The third-order valence-corrected chi connectivity index (χ3v) is 3.68. The summed E-state index contributed by atoms with van der Waals surface area (Å²) in [6.45, 7) is 1.58. The molecule has 2 N–H and O–H groups in total. The number of hydrogen-bond donors (Lipinski definition) is 2. The lowest BCUT2D eigenvalue weighted by atomic mass is 10.2. The molecule has 0 spiro atoms. The Labute approximate surface area is 129 Å². The van der Waals surface area contributed by atoms with Crippen LogP contribution in [0.4, 0.5) is 10.5 Å². The predicted molar refractivity (Wildman–Crippen MR) is 82.5 cm³/mol. The number of urea groups is 1. The van der Waals surface area contributed by atoms with E-state index in [4.69, 9.17) is 11.6 Å². The smallest absolute Gasteiger partial charge is 0.322 e. The van der Waals surface area contributed by atoms with Crippen LogP contribution in [0.5, 0.6) is 0 Å². The van der Waals surface area contributed by atoms with Gasteiger partial charge in [-0.15, -0.1) is 0 Å². The molecule has 1 aliphatic heterocycles. The number of hydrogen-bond acceptors (Lipinski definition) is 3. The normalized spacial score (nSPS) is 18.2. The monoisotopic (exact) mass is 310 g/mol. The van der Waals surface area contributed by atoms with Crippen molar-refractivity contribution in [2.24, 2.45) is 0 Å². The molecule has 0 aliphatic carbocycles. The Morgan fingerprint density at radius 2 is 2.10 bits per heavy atom. The molecule has 1 atom stereocenters. The summed E-state index contributed by atoms with van der Waals surface area (Å²) in [7, 11) is 3.36. The van der Waals surface area contributed by atoms with Crippen LogP contribution in [0, 0.1) is 0 Å². The first-order chi connectivity index (χ1) is 10.0. The van der Waals surface area contributed by atoms with Gasteiger partial charge in [0.05, 0.1) is 10.7 Å². The average molecular weight is 311 g/mol. The SMILES string of the molecule is CN(C)C(=O)C1CNCCN1C(=O)Nc1ccccc1Cl. The lowest BCUT2D eigenvalue weighted by Crippen LogP contribution is -2.60. The second kappa shape index (κ2) is 6.78. The van der Waals surface area contributed by atoms with Crippen LogP contribution < -0.4 is 10.6 Å². The van der Waals surface area contributed by atoms with Gasteiger partial charge in [0.2, 0.25) is 5.91 Å². The van der Waals surface area contributed by atoms with E-state index in [9.17, 15) is 9.59 Å². The molecule has 0 saturated carbocycles. The maximum absolute atomic E-state index is 12.4. The van der Waals surface area contributed by atoms with E-state index in [1.165, 1.54) is 4.90 Å². The highest BCUT2D eigenvalue weighted by atomic mass is 35.5. The van der Waals surface area contributed by atoms with E-state index >= 15 is 0 Å². The van der Waals surface area contributed by atoms with Crippen LogP contribution in [-0.2, 0) is 4.79 Å². The largest absolute Gasteiger partial charge is 0.347 e. The number of carbonyl (C=O) groups is 2. The molecular weight excluding hydrogens is 292 g/mol. The molecule has 1 unspecified atom stereocenters. The van der Waals surface area contributed by atoms with Crippen molar-refractivity contribution in [1.82, 2.24) is 15.1 Å². The molecule has 1 fully saturated rings. The van der Waals surface area contributed by atoms with Gasteiger partial charge in [-0.25, -0.2) is 4.79 Å². The molecule has 6 nitrogen and oxygen atoms in total. The van der Waals surface area contributed by atoms with Crippen molar-refractivity contribution in [3.05, 3.63) is 29.3 Å². The summed E-state index contributed by atoms with van der Waals surface area (Å²) >= 11 is 6.04. The van der Waals surface area contributed by atoms with Gasteiger partial charge in [0.1, 0.15) is 6.04 Å². The number of piperazine rings is 1. The van der Waals surface area contributed by atoms with E-state index in [2.05, 4.69) is 10.6 Å². The topological polar surface area (TPSA) is 64.7 Å². The average Bonchev–Trinajstić information content (AvgIpc) is 2.48. The third-order valence-electron chi connectivity index (χ3n) is 3.35. The fourth-order valence-corrected chi connectivity index (χ4v) is 2.40. The third kappa shape index (κ3) is 3.65. The number of nitrogens with one attached hydrogen (secondary N) is 2. The minimum absolute atomic E-state index is 0.100. The molecular formula is C14H19ClN4O2. The van der Waals surface area contributed by atoms with Crippen molar-refractivity contribution < 1.29 is 9.59 Å². The van der Waals surface area contributed by atoms with Crippen molar-refractivity contribution in [2.75, 3.05) is 39.0 Å². The van der Waals surface area contributed by atoms with Gasteiger partial charge in [0.15, 0.2) is 0 Å². The van der Waals surface area contributed by atoms with Gasteiger partial charge in [-0.1, -0.05) is 23.7 Å². The summed E-state index contributed by atoms with van der Waals surface area (Å²) in [4.78, 5) is 27.6. The van der Waals surface area contributed by atoms with Gasteiger partial charge in [-0.3, -0.25) is 4.79 Å². The molecule has 0 bridgehead atoms. The van der Waals surface area contributed by atoms with Crippen LogP contribution in [0.1, 0.15) is 0 Å². The number of rotatable bonds is 2. The van der Waals surface area contributed by atoms with Crippen LogP contribution >= 0.6 is 11.6 Å². The van der Waals surface area contributed by atoms with Crippen LogP contribution in [-0.4, -0.2) is 61.5 Å². The summed E-state index contributed by atoms with van der Waals surface area (Å²) in [6.07, 6.45) is 0. The lowest BCUT2D eigenvalue weighted by Gasteiger charge is -2.36. The van der Waals surface area contributed by atoms with E-state index in [-0.39, 0.29) is 11.9 Å². The highest BCUT2D eigenvalue weighted by Gasteiger charge is 2.33. The summed E-state index contributed by atoms with van der Waals surface area (Å²) < 4.78 is 0. The maximum atomic E-state index is 12.4. The van der Waals surface area contributed by atoms with Crippen molar-refractivity contribution in [1.29, 1.82) is 0 Å². The van der Waals surface area contributed by atoms with Crippen molar-refractivity contribution in [3.63, 3.8) is 0 Å². The summed E-state index contributed by atoms with van der Waals surface area (Å²) in [5.41, 5.74) is 0.541. The first-order valence-corrected chi connectivity index (χ1v) is 7.12. The second-order valence-electron chi connectivity index (χ2n) is 5.06. The molecule has 1 heterocycles. The number of carbonyl (C=O) groups excluding carboxylic acids is 2. The maximum Gasteiger partial charge on any atom is 0.322 e.